The minimum atomic E-state index is -4.65. The van der Waals surface area contributed by atoms with E-state index in [-0.39, 0.29) is 23.5 Å². The number of H-pyrrole nitrogens is 1. The summed E-state index contributed by atoms with van der Waals surface area (Å²) in [4.78, 5) is 31.8. The predicted octanol–water partition coefficient (Wildman–Crippen LogP) is 3.10. The van der Waals surface area contributed by atoms with Crippen LogP contribution in [0, 0.1) is 0 Å². The molecule has 1 aliphatic heterocycles. The Labute approximate surface area is 182 Å². The molecular formula is C21H25F3N4O4. The van der Waals surface area contributed by atoms with Gasteiger partial charge in [0, 0.05) is 31.1 Å². The van der Waals surface area contributed by atoms with Gasteiger partial charge in [-0.15, -0.1) is 0 Å². The number of carbonyl (C=O) groups excluding carboxylic acids is 1. The van der Waals surface area contributed by atoms with Gasteiger partial charge in [0.15, 0.2) is 11.5 Å². The topological polar surface area (TPSA) is 108 Å². The van der Waals surface area contributed by atoms with E-state index >= 15 is 0 Å². The average molecular weight is 454 g/mol. The number of hydrogen-bond acceptors (Lipinski definition) is 5. The molecule has 0 unspecified atom stereocenters. The highest BCUT2D eigenvalue weighted by molar-refractivity contribution is 5.91. The van der Waals surface area contributed by atoms with Crippen LogP contribution in [0.25, 0.3) is 0 Å². The number of halogens is 3. The monoisotopic (exact) mass is 454 g/mol. The minimum Gasteiger partial charge on any atom is -0.478 e. The number of piperidine rings is 1. The van der Waals surface area contributed by atoms with Crippen molar-refractivity contribution in [3.63, 3.8) is 0 Å². The molecule has 174 valence electrons. The summed E-state index contributed by atoms with van der Waals surface area (Å²) in [5.74, 6) is -2.15. The summed E-state index contributed by atoms with van der Waals surface area (Å²) >= 11 is 0. The first kappa shape index (κ1) is 23.6. The van der Waals surface area contributed by atoms with E-state index in [1.807, 2.05) is 4.90 Å². The number of aromatic amines is 1. The number of carboxylic acid groups (broad SMARTS) is 1. The third-order valence-electron chi connectivity index (χ3n) is 5.33. The summed E-state index contributed by atoms with van der Waals surface area (Å²) in [6, 6.07) is 6.08. The number of benzene rings is 1. The summed E-state index contributed by atoms with van der Waals surface area (Å²) in [5, 5.41) is 12.0. The third kappa shape index (κ3) is 5.21. The zero-order valence-corrected chi connectivity index (χ0v) is 17.7. The van der Waals surface area contributed by atoms with Crippen LogP contribution in [0.2, 0.25) is 0 Å². The molecule has 0 saturated carbocycles. The number of aromatic carboxylic acids is 1. The van der Waals surface area contributed by atoms with Crippen molar-refractivity contribution in [3.05, 3.63) is 47.0 Å². The van der Waals surface area contributed by atoms with E-state index in [1.54, 1.807) is 32.0 Å². The number of aromatic nitrogens is 2. The first-order valence-electron chi connectivity index (χ1n) is 10.3. The molecular weight excluding hydrogens is 429 g/mol. The number of imidazole rings is 1. The molecule has 3 N–H and O–H groups in total. The number of carboxylic acids is 1. The number of alkyl halides is 3. The van der Waals surface area contributed by atoms with Crippen molar-refractivity contribution < 1.29 is 32.6 Å². The fraction of sp³-hybridized carbons (Fsp3) is 0.476. The number of rotatable bonds is 7. The van der Waals surface area contributed by atoms with Crippen LogP contribution in [0.15, 0.2) is 24.3 Å². The molecule has 2 heterocycles. The van der Waals surface area contributed by atoms with Gasteiger partial charge >= 0.3 is 12.1 Å². The lowest BCUT2D eigenvalue weighted by atomic mass is 10.0. The first-order chi connectivity index (χ1) is 15.1. The predicted molar refractivity (Wildman–Crippen MR) is 110 cm³/mol. The van der Waals surface area contributed by atoms with Gasteiger partial charge in [-0.3, -0.25) is 4.79 Å². The van der Waals surface area contributed by atoms with E-state index in [4.69, 9.17) is 4.74 Å². The Morgan fingerprint density at radius 1 is 1.34 bits per heavy atom. The van der Waals surface area contributed by atoms with Crippen LogP contribution in [0.1, 0.15) is 52.6 Å². The molecule has 0 radical (unpaired) electrons. The fourth-order valence-electron chi connectivity index (χ4n) is 3.78. The molecule has 32 heavy (non-hydrogen) atoms. The van der Waals surface area contributed by atoms with Gasteiger partial charge in [-0.1, -0.05) is 13.0 Å². The lowest BCUT2D eigenvalue weighted by Crippen LogP contribution is -2.55. The second-order valence-electron chi connectivity index (χ2n) is 7.43. The summed E-state index contributed by atoms with van der Waals surface area (Å²) < 4.78 is 45.2. The fourth-order valence-corrected chi connectivity index (χ4v) is 3.78. The Morgan fingerprint density at radius 2 is 2.09 bits per heavy atom. The van der Waals surface area contributed by atoms with Crippen molar-refractivity contribution in [2.45, 2.75) is 45.0 Å². The summed E-state index contributed by atoms with van der Waals surface area (Å²) in [6.45, 7) is 4.61. The van der Waals surface area contributed by atoms with Crippen molar-refractivity contribution in [3.8, 4) is 0 Å². The van der Waals surface area contributed by atoms with Crippen molar-refractivity contribution in [1.82, 2.24) is 15.3 Å². The summed E-state index contributed by atoms with van der Waals surface area (Å²) in [6.07, 6.45) is -4.57. The number of hydrogen-bond donors (Lipinski definition) is 3. The zero-order chi connectivity index (χ0) is 23.5. The van der Waals surface area contributed by atoms with Crippen LogP contribution in [0.5, 0.6) is 0 Å². The Kier molecular flexibility index (Phi) is 7.07. The average Bonchev–Trinajstić information content (AvgIpc) is 3.20. The van der Waals surface area contributed by atoms with Gasteiger partial charge < -0.3 is 25.0 Å². The molecule has 1 aliphatic rings. The van der Waals surface area contributed by atoms with Gasteiger partial charge in [-0.2, -0.15) is 13.2 Å². The standard InChI is InChI=1S/C21H25F3N4O4/c1-3-14-17(21(22,23)24)27-18(25-14)19(29)26-15-8-9-28(11-16(15)32-4-2)13-7-5-6-12(10-13)20(30)31/h5-7,10,15-16H,3-4,8-9,11H2,1-2H3,(H,25,27)(H,26,29)(H,30,31)/t15-,16+/m0/s1. The number of amides is 1. The summed E-state index contributed by atoms with van der Waals surface area (Å²) in [5.41, 5.74) is -0.347. The number of aryl methyl sites for hydroxylation is 1. The quantitative estimate of drug-likeness (QED) is 0.594. The highest BCUT2D eigenvalue weighted by atomic mass is 19.4. The lowest BCUT2D eigenvalue weighted by molar-refractivity contribution is -0.141. The van der Waals surface area contributed by atoms with Crippen LogP contribution >= 0.6 is 0 Å². The molecule has 1 saturated heterocycles. The van der Waals surface area contributed by atoms with Crippen molar-refractivity contribution >= 4 is 17.6 Å². The number of ether oxygens (including phenoxy) is 1. The molecule has 0 bridgehead atoms. The summed E-state index contributed by atoms with van der Waals surface area (Å²) in [7, 11) is 0. The highest BCUT2D eigenvalue weighted by Crippen LogP contribution is 2.31. The second kappa shape index (κ2) is 9.60. The van der Waals surface area contributed by atoms with E-state index in [0.29, 0.717) is 31.8 Å². The molecule has 0 aliphatic carbocycles. The van der Waals surface area contributed by atoms with Crippen molar-refractivity contribution in [1.29, 1.82) is 0 Å². The molecule has 1 aromatic carbocycles. The maximum atomic E-state index is 13.1. The highest BCUT2D eigenvalue weighted by Gasteiger charge is 2.38. The van der Waals surface area contributed by atoms with Crippen molar-refractivity contribution in [2.75, 3.05) is 24.6 Å². The molecule has 1 amide bonds. The van der Waals surface area contributed by atoms with E-state index in [2.05, 4.69) is 15.3 Å². The largest absolute Gasteiger partial charge is 0.478 e. The number of nitrogens with zero attached hydrogens (tertiary/aromatic N) is 2. The Morgan fingerprint density at radius 3 is 2.69 bits per heavy atom. The Bertz CT molecular complexity index is 976. The molecule has 2 aromatic rings. The van der Waals surface area contributed by atoms with Crippen LogP contribution in [-0.4, -0.2) is 58.8 Å². The van der Waals surface area contributed by atoms with E-state index in [9.17, 15) is 27.9 Å². The molecule has 8 nitrogen and oxygen atoms in total. The smallest absolute Gasteiger partial charge is 0.435 e. The van der Waals surface area contributed by atoms with Gasteiger partial charge in [0.2, 0.25) is 0 Å². The van der Waals surface area contributed by atoms with Gasteiger partial charge in [0.1, 0.15) is 0 Å². The van der Waals surface area contributed by atoms with Crippen LogP contribution in [0.3, 0.4) is 0 Å². The molecule has 2 atom stereocenters. The van der Waals surface area contributed by atoms with Gasteiger partial charge in [-0.05, 0) is 38.0 Å². The molecule has 11 heteroatoms. The first-order valence-corrected chi connectivity index (χ1v) is 10.3. The normalized spacial score (nSPS) is 19.1. The zero-order valence-electron chi connectivity index (χ0n) is 17.7. The minimum absolute atomic E-state index is 0.0600. The molecule has 1 aromatic heterocycles. The van der Waals surface area contributed by atoms with Gasteiger partial charge in [0.25, 0.3) is 5.91 Å². The number of anilines is 1. The van der Waals surface area contributed by atoms with Gasteiger partial charge in [0.05, 0.1) is 17.7 Å². The van der Waals surface area contributed by atoms with E-state index in [1.165, 1.54) is 6.07 Å². The molecule has 1 fully saturated rings. The maximum absolute atomic E-state index is 13.1. The Balaban J connectivity index is 1.74. The number of nitrogens with one attached hydrogen (secondary N) is 2. The van der Waals surface area contributed by atoms with Crippen LogP contribution < -0.4 is 10.2 Å². The number of carbonyl (C=O) groups is 2. The lowest BCUT2D eigenvalue weighted by Gasteiger charge is -2.39. The Hall–Kier alpha value is -3.08. The van der Waals surface area contributed by atoms with Gasteiger partial charge in [-0.25, -0.2) is 9.78 Å². The SMILES string of the molecule is CCO[C@@H]1CN(c2cccc(C(=O)O)c2)CC[C@@H]1NC(=O)c1nc(C(F)(F)F)c(CC)[nH]1. The maximum Gasteiger partial charge on any atom is 0.435 e. The van der Waals surface area contributed by atoms with Crippen molar-refractivity contribution in [2.24, 2.45) is 0 Å². The van der Waals surface area contributed by atoms with E-state index < -0.39 is 35.9 Å². The van der Waals surface area contributed by atoms with E-state index in [0.717, 1.165) is 0 Å². The van der Waals surface area contributed by atoms with Crippen LogP contribution in [0.4, 0.5) is 18.9 Å². The van der Waals surface area contributed by atoms with Crippen LogP contribution in [-0.2, 0) is 17.3 Å². The third-order valence-corrected chi connectivity index (χ3v) is 5.33. The molecule has 0 spiro atoms. The second-order valence-corrected chi connectivity index (χ2v) is 7.43. The molecule has 3 rings (SSSR count).